The van der Waals surface area contributed by atoms with Gasteiger partial charge in [0.2, 0.25) is 5.91 Å². The number of rotatable bonds is 5. The van der Waals surface area contributed by atoms with Crippen molar-refractivity contribution in [2.75, 3.05) is 6.61 Å². The smallest absolute Gasteiger partial charge is 0.220 e. The Kier molecular flexibility index (Phi) is 5.14. The van der Waals surface area contributed by atoms with Crippen LogP contribution in [0.3, 0.4) is 0 Å². The molecule has 0 atom stereocenters. The fourth-order valence-electron chi connectivity index (χ4n) is 1.86. The zero-order valence-electron chi connectivity index (χ0n) is 11.3. The third-order valence-corrected chi connectivity index (χ3v) is 3.16. The summed E-state index contributed by atoms with van der Waals surface area (Å²) in [5.41, 5.74) is 1.12. The van der Waals surface area contributed by atoms with Crippen LogP contribution in [0.5, 0.6) is 0 Å². The minimum Gasteiger partial charge on any atom is -0.395 e. The van der Waals surface area contributed by atoms with E-state index < -0.39 is 0 Å². The van der Waals surface area contributed by atoms with Crippen LogP contribution in [0.2, 0.25) is 0 Å². The van der Waals surface area contributed by atoms with Gasteiger partial charge in [-0.1, -0.05) is 11.8 Å². The van der Waals surface area contributed by atoms with Crippen molar-refractivity contribution < 1.29 is 14.3 Å². The molecule has 4 heteroatoms. The Morgan fingerprint density at radius 3 is 2.95 bits per heavy atom. The van der Waals surface area contributed by atoms with Gasteiger partial charge in [-0.05, 0) is 37.0 Å². The molecule has 0 spiro atoms. The molecule has 1 fully saturated rings. The van der Waals surface area contributed by atoms with Gasteiger partial charge in [0.25, 0.3) is 0 Å². The summed E-state index contributed by atoms with van der Waals surface area (Å²) >= 11 is 0. The van der Waals surface area contributed by atoms with Crippen LogP contribution in [0, 0.1) is 23.6 Å². The largest absolute Gasteiger partial charge is 0.395 e. The Hall–Kier alpha value is -1.86. The molecule has 1 aliphatic rings. The molecule has 0 radical (unpaired) electrons. The summed E-state index contributed by atoms with van der Waals surface area (Å²) in [5.74, 6) is 5.80. The molecular formula is C16H18FNO2. The SMILES string of the molecule is O=C(CC1CC1)NCc1cc(C#CCCO)ccc1F. The van der Waals surface area contributed by atoms with Crippen molar-refractivity contribution in [2.45, 2.75) is 32.2 Å². The zero-order valence-corrected chi connectivity index (χ0v) is 11.3. The van der Waals surface area contributed by atoms with E-state index in [1.807, 2.05) is 0 Å². The van der Waals surface area contributed by atoms with Gasteiger partial charge in [0.05, 0.1) is 6.61 Å². The number of hydrogen-bond donors (Lipinski definition) is 2. The first-order valence-corrected chi connectivity index (χ1v) is 6.84. The molecule has 1 aromatic rings. The third-order valence-electron chi connectivity index (χ3n) is 3.16. The second-order valence-electron chi connectivity index (χ2n) is 5.01. The quantitative estimate of drug-likeness (QED) is 0.807. The molecule has 0 aliphatic heterocycles. The van der Waals surface area contributed by atoms with Crippen molar-refractivity contribution in [1.82, 2.24) is 5.32 Å². The Morgan fingerprint density at radius 1 is 1.45 bits per heavy atom. The molecule has 0 saturated heterocycles. The molecule has 1 amide bonds. The molecule has 1 aromatic carbocycles. The molecule has 1 saturated carbocycles. The van der Waals surface area contributed by atoms with Crippen molar-refractivity contribution in [3.8, 4) is 11.8 Å². The van der Waals surface area contributed by atoms with Gasteiger partial charge in [-0.15, -0.1) is 0 Å². The lowest BCUT2D eigenvalue weighted by molar-refractivity contribution is -0.121. The summed E-state index contributed by atoms with van der Waals surface area (Å²) in [7, 11) is 0. The topological polar surface area (TPSA) is 49.3 Å². The maximum absolute atomic E-state index is 13.6. The highest BCUT2D eigenvalue weighted by molar-refractivity contribution is 5.76. The van der Waals surface area contributed by atoms with Crippen LogP contribution in [0.1, 0.15) is 36.8 Å². The molecule has 3 nitrogen and oxygen atoms in total. The lowest BCUT2D eigenvalue weighted by Crippen LogP contribution is -2.23. The summed E-state index contributed by atoms with van der Waals surface area (Å²) in [6.45, 7) is 0.200. The van der Waals surface area contributed by atoms with Crippen molar-refractivity contribution in [2.24, 2.45) is 5.92 Å². The van der Waals surface area contributed by atoms with Gasteiger partial charge in [0, 0.05) is 30.5 Å². The molecule has 2 N–H and O–H groups in total. The predicted molar refractivity (Wildman–Crippen MR) is 74.2 cm³/mol. The summed E-state index contributed by atoms with van der Waals surface area (Å²) < 4.78 is 13.6. The maximum atomic E-state index is 13.6. The zero-order chi connectivity index (χ0) is 14.4. The van der Waals surface area contributed by atoms with Crippen LogP contribution in [0.15, 0.2) is 18.2 Å². The predicted octanol–water partition coefficient (Wildman–Crippen LogP) is 1.98. The normalized spacial score (nSPS) is 13.5. The van der Waals surface area contributed by atoms with E-state index in [9.17, 15) is 9.18 Å². The first-order chi connectivity index (χ1) is 9.69. The molecule has 0 heterocycles. The van der Waals surface area contributed by atoms with Crippen LogP contribution >= 0.6 is 0 Å². The number of aliphatic hydroxyl groups excluding tert-OH is 1. The first kappa shape index (κ1) is 14.5. The minimum atomic E-state index is -0.343. The highest BCUT2D eigenvalue weighted by atomic mass is 19.1. The number of amides is 1. The van der Waals surface area contributed by atoms with Crippen LogP contribution < -0.4 is 5.32 Å². The van der Waals surface area contributed by atoms with E-state index in [-0.39, 0.29) is 24.9 Å². The van der Waals surface area contributed by atoms with Crippen LogP contribution in [0.25, 0.3) is 0 Å². The van der Waals surface area contributed by atoms with Crippen LogP contribution in [-0.4, -0.2) is 17.6 Å². The third kappa shape index (κ3) is 4.67. The number of aliphatic hydroxyl groups is 1. The molecule has 20 heavy (non-hydrogen) atoms. The van der Waals surface area contributed by atoms with Crippen molar-refractivity contribution in [3.63, 3.8) is 0 Å². The van der Waals surface area contributed by atoms with Gasteiger partial charge < -0.3 is 10.4 Å². The van der Waals surface area contributed by atoms with E-state index in [2.05, 4.69) is 17.2 Å². The highest BCUT2D eigenvalue weighted by Crippen LogP contribution is 2.32. The number of hydrogen-bond acceptors (Lipinski definition) is 2. The number of benzene rings is 1. The summed E-state index contributed by atoms with van der Waals surface area (Å²) in [6.07, 6.45) is 3.18. The summed E-state index contributed by atoms with van der Waals surface area (Å²) in [5, 5.41) is 11.4. The Labute approximate surface area is 118 Å². The monoisotopic (exact) mass is 275 g/mol. The van der Waals surface area contributed by atoms with E-state index in [4.69, 9.17) is 5.11 Å². The summed E-state index contributed by atoms with van der Waals surface area (Å²) in [6, 6.07) is 4.58. The second kappa shape index (κ2) is 7.06. The molecule has 1 aliphatic carbocycles. The van der Waals surface area contributed by atoms with Gasteiger partial charge in [-0.2, -0.15) is 0 Å². The fraction of sp³-hybridized carbons (Fsp3) is 0.438. The maximum Gasteiger partial charge on any atom is 0.220 e. The minimum absolute atomic E-state index is 0.0122. The molecule has 0 unspecified atom stereocenters. The van der Waals surface area contributed by atoms with E-state index in [0.29, 0.717) is 29.9 Å². The molecule has 0 aromatic heterocycles. The standard InChI is InChI=1S/C16H18FNO2/c17-15-7-6-12(3-1-2-8-19)9-14(15)11-18-16(20)10-13-4-5-13/h6-7,9,13,19H,2,4-5,8,10-11H2,(H,18,20). The number of carbonyl (C=O) groups is 1. The molecule has 0 bridgehead atoms. The van der Waals surface area contributed by atoms with Crippen LogP contribution in [0.4, 0.5) is 4.39 Å². The number of carbonyl (C=O) groups excluding carboxylic acids is 1. The second-order valence-corrected chi connectivity index (χ2v) is 5.01. The van der Waals surface area contributed by atoms with Crippen LogP contribution in [-0.2, 0) is 11.3 Å². The average Bonchev–Trinajstić information content (AvgIpc) is 3.23. The lowest BCUT2D eigenvalue weighted by Gasteiger charge is -2.06. The van der Waals surface area contributed by atoms with E-state index >= 15 is 0 Å². The molecule has 106 valence electrons. The highest BCUT2D eigenvalue weighted by Gasteiger charge is 2.24. The van der Waals surface area contributed by atoms with E-state index in [1.165, 1.54) is 6.07 Å². The molecule has 2 rings (SSSR count). The first-order valence-electron chi connectivity index (χ1n) is 6.84. The Balaban J connectivity index is 1.93. The Bertz CT molecular complexity index is 541. The Morgan fingerprint density at radius 2 is 2.25 bits per heavy atom. The summed E-state index contributed by atoms with van der Waals surface area (Å²) in [4.78, 5) is 11.6. The van der Waals surface area contributed by atoms with Gasteiger partial charge in [-0.25, -0.2) is 4.39 Å². The van der Waals surface area contributed by atoms with E-state index in [1.54, 1.807) is 12.1 Å². The van der Waals surface area contributed by atoms with Gasteiger partial charge in [-0.3, -0.25) is 4.79 Å². The van der Waals surface area contributed by atoms with Crippen molar-refractivity contribution >= 4 is 5.91 Å². The number of nitrogens with one attached hydrogen (secondary N) is 1. The van der Waals surface area contributed by atoms with Crippen molar-refractivity contribution in [1.29, 1.82) is 0 Å². The average molecular weight is 275 g/mol. The van der Waals surface area contributed by atoms with Gasteiger partial charge >= 0.3 is 0 Å². The number of halogens is 1. The fourth-order valence-corrected chi connectivity index (χ4v) is 1.86. The molecular weight excluding hydrogens is 257 g/mol. The van der Waals surface area contributed by atoms with Gasteiger partial charge in [0.1, 0.15) is 5.82 Å². The van der Waals surface area contributed by atoms with Crippen molar-refractivity contribution in [3.05, 3.63) is 35.1 Å². The van der Waals surface area contributed by atoms with E-state index in [0.717, 1.165) is 12.8 Å². The van der Waals surface area contributed by atoms with Gasteiger partial charge in [0.15, 0.2) is 0 Å². The lowest BCUT2D eigenvalue weighted by atomic mass is 10.1.